The number of hydrogen-bond acceptors (Lipinski definition) is 3. The predicted molar refractivity (Wildman–Crippen MR) is 137 cm³/mol. The van der Waals surface area contributed by atoms with Gasteiger partial charge in [0.25, 0.3) is 5.91 Å². The standard InChI is InChI=1S/C29H31N3O3/c1-22-8-6-7-11-27(22)29(35)32(21-25-9-4-3-5-10-25)26-14-12-24(13-15-26)20-28(34)31-18-16-30(17-19-31)23(2)33/h3-15H,16-21H2,1-2H3. The van der Waals surface area contributed by atoms with Gasteiger partial charge >= 0.3 is 0 Å². The van der Waals surface area contributed by atoms with Crippen molar-refractivity contribution in [2.75, 3.05) is 31.1 Å². The summed E-state index contributed by atoms with van der Waals surface area (Å²) in [6.07, 6.45) is 0.296. The summed E-state index contributed by atoms with van der Waals surface area (Å²) < 4.78 is 0. The maximum absolute atomic E-state index is 13.6. The van der Waals surface area contributed by atoms with Crippen LogP contribution in [0.3, 0.4) is 0 Å². The molecule has 3 amide bonds. The van der Waals surface area contributed by atoms with Crippen molar-refractivity contribution < 1.29 is 14.4 Å². The van der Waals surface area contributed by atoms with Crippen molar-refractivity contribution in [1.29, 1.82) is 0 Å². The van der Waals surface area contributed by atoms with Gasteiger partial charge in [-0.1, -0.05) is 60.7 Å². The average molecular weight is 470 g/mol. The van der Waals surface area contributed by atoms with Crippen LogP contribution in [-0.4, -0.2) is 53.7 Å². The van der Waals surface area contributed by atoms with Gasteiger partial charge in [-0.25, -0.2) is 0 Å². The zero-order chi connectivity index (χ0) is 24.8. The van der Waals surface area contributed by atoms with Crippen LogP contribution >= 0.6 is 0 Å². The lowest BCUT2D eigenvalue weighted by Crippen LogP contribution is -2.50. The molecule has 0 spiro atoms. The third-order valence-corrected chi connectivity index (χ3v) is 6.49. The molecule has 3 aromatic rings. The van der Waals surface area contributed by atoms with Gasteiger partial charge in [0, 0.05) is 44.4 Å². The second-order valence-corrected chi connectivity index (χ2v) is 8.92. The van der Waals surface area contributed by atoms with E-state index < -0.39 is 0 Å². The van der Waals surface area contributed by atoms with Gasteiger partial charge in [0.05, 0.1) is 13.0 Å². The highest BCUT2D eigenvalue weighted by molar-refractivity contribution is 6.07. The monoisotopic (exact) mass is 469 g/mol. The highest BCUT2D eigenvalue weighted by Gasteiger charge is 2.23. The van der Waals surface area contributed by atoms with E-state index in [1.807, 2.05) is 90.7 Å². The second-order valence-electron chi connectivity index (χ2n) is 8.92. The Bertz CT molecular complexity index is 1180. The Hall–Kier alpha value is -3.93. The molecule has 0 atom stereocenters. The molecule has 1 aliphatic heterocycles. The van der Waals surface area contributed by atoms with Crippen LogP contribution < -0.4 is 4.90 Å². The van der Waals surface area contributed by atoms with Crippen LogP contribution in [0.4, 0.5) is 5.69 Å². The first kappa shape index (κ1) is 24.2. The molecule has 3 aromatic carbocycles. The van der Waals surface area contributed by atoms with Crippen LogP contribution in [0, 0.1) is 6.92 Å². The lowest BCUT2D eigenvalue weighted by molar-refractivity contribution is -0.138. The van der Waals surface area contributed by atoms with E-state index in [4.69, 9.17) is 0 Å². The molecule has 1 heterocycles. The maximum Gasteiger partial charge on any atom is 0.258 e. The number of nitrogens with zero attached hydrogens (tertiary/aromatic N) is 3. The number of carbonyl (C=O) groups excluding carboxylic acids is 3. The molecule has 35 heavy (non-hydrogen) atoms. The van der Waals surface area contributed by atoms with Crippen molar-refractivity contribution in [2.24, 2.45) is 0 Å². The van der Waals surface area contributed by atoms with Crippen molar-refractivity contribution >= 4 is 23.4 Å². The molecule has 0 bridgehead atoms. The van der Waals surface area contributed by atoms with E-state index in [2.05, 4.69) is 0 Å². The van der Waals surface area contributed by atoms with E-state index in [1.165, 1.54) is 0 Å². The Morgan fingerprint density at radius 2 is 1.34 bits per heavy atom. The summed E-state index contributed by atoms with van der Waals surface area (Å²) in [5, 5.41) is 0. The highest BCUT2D eigenvalue weighted by atomic mass is 16.2. The van der Waals surface area contributed by atoms with Crippen LogP contribution in [0.25, 0.3) is 0 Å². The predicted octanol–water partition coefficient (Wildman–Crippen LogP) is 4.08. The van der Waals surface area contributed by atoms with Gasteiger partial charge < -0.3 is 14.7 Å². The maximum atomic E-state index is 13.6. The van der Waals surface area contributed by atoms with Crippen LogP contribution in [0.2, 0.25) is 0 Å². The van der Waals surface area contributed by atoms with Crippen LogP contribution in [0.15, 0.2) is 78.9 Å². The minimum absolute atomic E-state index is 0.0491. The molecule has 0 N–H and O–H groups in total. The molecule has 0 aliphatic carbocycles. The Labute approximate surface area is 206 Å². The number of rotatable bonds is 6. The van der Waals surface area contributed by atoms with Crippen molar-refractivity contribution in [1.82, 2.24) is 9.80 Å². The second kappa shape index (κ2) is 11.0. The van der Waals surface area contributed by atoms with Gasteiger partial charge in [-0.15, -0.1) is 0 Å². The fourth-order valence-corrected chi connectivity index (χ4v) is 4.36. The van der Waals surface area contributed by atoms with Crippen molar-refractivity contribution in [3.63, 3.8) is 0 Å². The Balaban J connectivity index is 1.49. The third kappa shape index (κ3) is 5.96. The molecule has 1 fully saturated rings. The van der Waals surface area contributed by atoms with Crippen LogP contribution in [-0.2, 0) is 22.6 Å². The van der Waals surface area contributed by atoms with Crippen molar-refractivity contribution in [3.8, 4) is 0 Å². The van der Waals surface area contributed by atoms with E-state index in [9.17, 15) is 14.4 Å². The van der Waals surface area contributed by atoms with Crippen LogP contribution in [0.5, 0.6) is 0 Å². The Kier molecular flexibility index (Phi) is 7.60. The van der Waals surface area contributed by atoms with Crippen LogP contribution in [0.1, 0.15) is 34.0 Å². The molecule has 1 saturated heterocycles. The van der Waals surface area contributed by atoms with Gasteiger partial charge in [-0.2, -0.15) is 0 Å². The summed E-state index contributed by atoms with van der Waals surface area (Å²) in [5.41, 5.74) is 4.33. The number of benzene rings is 3. The minimum atomic E-state index is -0.0564. The molecular weight excluding hydrogens is 438 g/mol. The molecular formula is C29H31N3O3. The zero-order valence-electron chi connectivity index (χ0n) is 20.3. The highest BCUT2D eigenvalue weighted by Crippen LogP contribution is 2.23. The van der Waals surface area contributed by atoms with E-state index >= 15 is 0 Å². The van der Waals surface area contributed by atoms with Gasteiger partial charge in [0.2, 0.25) is 11.8 Å². The largest absolute Gasteiger partial charge is 0.339 e. The molecule has 0 radical (unpaired) electrons. The zero-order valence-corrected chi connectivity index (χ0v) is 20.3. The molecule has 0 unspecified atom stereocenters. The molecule has 1 aliphatic rings. The Morgan fingerprint density at radius 3 is 1.97 bits per heavy atom. The van der Waals surface area contributed by atoms with E-state index in [0.717, 1.165) is 22.4 Å². The molecule has 6 heteroatoms. The van der Waals surface area contributed by atoms with Gasteiger partial charge in [0.15, 0.2) is 0 Å². The number of hydrogen-bond donors (Lipinski definition) is 0. The average Bonchev–Trinajstić information content (AvgIpc) is 2.88. The summed E-state index contributed by atoms with van der Waals surface area (Å²) >= 11 is 0. The quantitative estimate of drug-likeness (QED) is 0.547. The molecule has 4 rings (SSSR count). The smallest absolute Gasteiger partial charge is 0.258 e. The summed E-state index contributed by atoms with van der Waals surface area (Å²) in [6.45, 7) is 6.24. The number of aryl methyl sites for hydroxylation is 1. The van der Waals surface area contributed by atoms with Gasteiger partial charge in [-0.3, -0.25) is 14.4 Å². The summed E-state index contributed by atoms with van der Waals surface area (Å²) in [6, 6.07) is 25.2. The number of carbonyl (C=O) groups is 3. The Morgan fingerprint density at radius 1 is 0.743 bits per heavy atom. The normalized spacial score (nSPS) is 13.4. The first-order valence-corrected chi connectivity index (χ1v) is 12.0. The fraction of sp³-hybridized carbons (Fsp3) is 0.276. The van der Waals surface area contributed by atoms with E-state index in [0.29, 0.717) is 44.7 Å². The summed E-state index contributed by atoms with van der Waals surface area (Å²) in [5.74, 6) is 0.0465. The topological polar surface area (TPSA) is 60.9 Å². The summed E-state index contributed by atoms with van der Waals surface area (Å²) in [7, 11) is 0. The molecule has 6 nitrogen and oxygen atoms in total. The number of anilines is 1. The number of amides is 3. The molecule has 0 saturated carbocycles. The molecule has 180 valence electrons. The third-order valence-electron chi connectivity index (χ3n) is 6.49. The van der Waals surface area contributed by atoms with Crippen molar-refractivity contribution in [3.05, 3.63) is 101 Å². The lowest BCUT2D eigenvalue weighted by Gasteiger charge is -2.34. The van der Waals surface area contributed by atoms with Crippen molar-refractivity contribution in [2.45, 2.75) is 26.8 Å². The first-order valence-electron chi connectivity index (χ1n) is 12.0. The van der Waals surface area contributed by atoms with E-state index in [1.54, 1.807) is 16.7 Å². The SMILES string of the molecule is CC(=O)N1CCN(C(=O)Cc2ccc(N(Cc3ccccc3)C(=O)c3ccccc3C)cc2)CC1. The first-order chi connectivity index (χ1) is 16.9. The lowest BCUT2D eigenvalue weighted by atomic mass is 10.1. The molecule has 0 aromatic heterocycles. The minimum Gasteiger partial charge on any atom is -0.339 e. The number of piperazine rings is 1. The van der Waals surface area contributed by atoms with E-state index in [-0.39, 0.29) is 17.7 Å². The fourth-order valence-electron chi connectivity index (χ4n) is 4.36. The summed E-state index contributed by atoms with van der Waals surface area (Å²) in [4.78, 5) is 43.2. The van der Waals surface area contributed by atoms with Gasteiger partial charge in [0.1, 0.15) is 0 Å². The van der Waals surface area contributed by atoms with Gasteiger partial charge in [-0.05, 0) is 41.8 Å².